The number of carboxylic acids is 1. The summed E-state index contributed by atoms with van der Waals surface area (Å²) in [5.41, 5.74) is 7.01. The van der Waals surface area contributed by atoms with E-state index in [0.717, 1.165) is 10.9 Å². The number of hydrogen-bond donors (Lipinski definition) is 8. The lowest BCUT2D eigenvalue weighted by Crippen LogP contribution is -2.60. The topological polar surface area (TPSA) is 207 Å². The average molecular weight is 478 g/mol. The number of amides is 3. The minimum Gasteiger partial charge on any atom is -0.480 e. The molecule has 0 radical (unpaired) electrons. The predicted molar refractivity (Wildman–Crippen MR) is 122 cm³/mol. The molecule has 34 heavy (non-hydrogen) atoms. The zero-order valence-electron chi connectivity index (χ0n) is 19.1. The van der Waals surface area contributed by atoms with Crippen LogP contribution in [0.2, 0.25) is 0 Å². The zero-order chi connectivity index (χ0) is 25.6. The summed E-state index contributed by atoms with van der Waals surface area (Å²) in [4.78, 5) is 52.0. The first-order valence-corrected chi connectivity index (χ1v) is 10.7. The number of carbonyl (C=O) groups is 4. The van der Waals surface area contributed by atoms with Crippen molar-refractivity contribution in [1.82, 2.24) is 20.9 Å². The molecular weight excluding hydrogens is 446 g/mol. The fourth-order valence-corrected chi connectivity index (χ4v) is 3.26. The van der Waals surface area contributed by atoms with E-state index < -0.39 is 60.1 Å². The minimum absolute atomic E-state index is 0.0325. The maximum Gasteiger partial charge on any atom is 0.326 e. The molecule has 1 heterocycles. The first-order chi connectivity index (χ1) is 15.9. The van der Waals surface area contributed by atoms with E-state index in [4.69, 9.17) is 5.73 Å². The third kappa shape index (κ3) is 6.76. The van der Waals surface area contributed by atoms with Gasteiger partial charge in [0, 0.05) is 23.5 Å². The molecular formula is C22H31N5O7. The Labute approximate surface area is 195 Å². The lowest BCUT2D eigenvalue weighted by Gasteiger charge is -2.25. The molecule has 0 fully saturated rings. The van der Waals surface area contributed by atoms with Crippen molar-refractivity contribution in [3.05, 3.63) is 36.0 Å². The number of fused-ring (bicyclic) bond motifs is 1. The fraction of sp³-hybridized carbons (Fsp3) is 0.455. The van der Waals surface area contributed by atoms with Gasteiger partial charge in [0.25, 0.3) is 0 Å². The predicted octanol–water partition coefficient (Wildman–Crippen LogP) is -1.64. The van der Waals surface area contributed by atoms with Crippen LogP contribution < -0.4 is 21.7 Å². The Morgan fingerprint density at radius 1 is 0.941 bits per heavy atom. The summed E-state index contributed by atoms with van der Waals surface area (Å²) in [5.74, 6) is -3.78. The molecule has 6 unspecified atom stereocenters. The average Bonchev–Trinajstić information content (AvgIpc) is 3.18. The molecule has 2 aromatic rings. The molecule has 0 aliphatic rings. The molecule has 0 aliphatic carbocycles. The maximum atomic E-state index is 12.8. The number of nitrogens with one attached hydrogen (secondary N) is 4. The summed E-state index contributed by atoms with van der Waals surface area (Å²) >= 11 is 0. The minimum atomic E-state index is -1.48. The van der Waals surface area contributed by atoms with Gasteiger partial charge < -0.3 is 42.0 Å². The number of carboxylic acid groups (broad SMARTS) is 1. The van der Waals surface area contributed by atoms with E-state index in [-0.39, 0.29) is 6.42 Å². The van der Waals surface area contributed by atoms with Gasteiger partial charge in [-0.25, -0.2) is 4.79 Å². The maximum absolute atomic E-state index is 12.8. The standard InChI is InChI=1S/C22H31N5O7/c1-10(25-20(31)17(23)11(2)28)19(30)27-18(12(3)29)21(32)26-16(22(33)34)8-13-9-24-15-7-5-4-6-14(13)15/h4-7,9-12,16-18,24,28-29H,8,23H2,1-3H3,(H,25,31)(H,26,32)(H,27,30)(H,33,34). The molecule has 1 aromatic carbocycles. The smallest absolute Gasteiger partial charge is 0.326 e. The number of rotatable bonds is 11. The van der Waals surface area contributed by atoms with E-state index in [1.807, 2.05) is 18.2 Å². The molecule has 1 aromatic heterocycles. The van der Waals surface area contributed by atoms with Crippen molar-refractivity contribution in [2.75, 3.05) is 0 Å². The monoisotopic (exact) mass is 477 g/mol. The van der Waals surface area contributed by atoms with E-state index in [2.05, 4.69) is 20.9 Å². The highest BCUT2D eigenvalue weighted by Gasteiger charge is 2.32. The number of aliphatic hydroxyl groups excluding tert-OH is 2. The molecule has 0 saturated carbocycles. The Bertz CT molecular complexity index is 1040. The van der Waals surface area contributed by atoms with Crippen molar-refractivity contribution >= 4 is 34.6 Å². The van der Waals surface area contributed by atoms with Crippen molar-refractivity contribution < 1.29 is 34.5 Å². The van der Waals surface area contributed by atoms with Crippen molar-refractivity contribution in [3.8, 4) is 0 Å². The lowest BCUT2D eigenvalue weighted by molar-refractivity contribution is -0.143. The Balaban J connectivity index is 2.07. The largest absolute Gasteiger partial charge is 0.480 e. The summed E-state index contributed by atoms with van der Waals surface area (Å²) in [5, 5.41) is 36.8. The second-order valence-electron chi connectivity index (χ2n) is 8.19. The molecule has 12 nitrogen and oxygen atoms in total. The van der Waals surface area contributed by atoms with Crippen LogP contribution >= 0.6 is 0 Å². The van der Waals surface area contributed by atoms with Crippen LogP contribution in [0.4, 0.5) is 0 Å². The van der Waals surface area contributed by atoms with Gasteiger partial charge in [-0.15, -0.1) is 0 Å². The third-order valence-electron chi connectivity index (χ3n) is 5.35. The molecule has 12 heteroatoms. The van der Waals surface area contributed by atoms with Crippen LogP contribution in [0.3, 0.4) is 0 Å². The van der Waals surface area contributed by atoms with Gasteiger partial charge in [-0.05, 0) is 32.4 Å². The number of para-hydroxylation sites is 1. The van der Waals surface area contributed by atoms with Gasteiger partial charge in [-0.3, -0.25) is 14.4 Å². The molecule has 3 amide bonds. The number of H-pyrrole nitrogens is 1. The number of carbonyl (C=O) groups excluding carboxylic acids is 3. The summed E-state index contributed by atoms with van der Waals surface area (Å²) in [6.07, 6.45) is -0.886. The highest BCUT2D eigenvalue weighted by molar-refractivity contribution is 5.94. The van der Waals surface area contributed by atoms with Crippen molar-refractivity contribution in [2.24, 2.45) is 5.73 Å². The van der Waals surface area contributed by atoms with Gasteiger partial charge in [0.1, 0.15) is 24.2 Å². The second kappa shape index (κ2) is 11.6. The van der Waals surface area contributed by atoms with E-state index in [9.17, 15) is 34.5 Å². The number of aliphatic hydroxyl groups is 2. The van der Waals surface area contributed by atoms with Gasteiger partial charge in [0.2, 0.25) is 17.7 Å². The molecule has 0 spiro atoms. The normalized spacial score (nSPS) is 16.5. The summed E-state index contributed by atoms with van der Waals surface area (Å²) < 4.78 is 0. The Morgan fingerprint density at radius 2 is 1.59 bits per heavy atom. The number of nitrogens with two attached hydrogens (primary N) is 1. The summed E-state index contributed by atoms with van der Waals surface area (Å²) in [6, 6.07) is 2.07. The number of benzene rings is 1. The molecule has 186 valence electrons. The Kier molecular flexibility index (Phi) is 9.12. The first kappa shape index (κ1) is 26.8. The lowest BCUT2D eigenvalue weighted by atomic mass is 10.0. The van der Waals surface area contributed by atoms with Gasteiger partial charge in [-0.1, -0.05) is 18.2 Å². The van der Waals surface area contributed by atoms with Gasteiger partial charge in [0.05, 0.1) is 12.2 Å². The summed E-state index contributed by atoms with van der Waals surface area (Å²) in [7, 11) is 0. The summed E-state index contributed by atoms with van der Waals surface area (Å²) in [6.45, 7) is 3.90. The molecule has 2 rings (SSSR count). The SMILES string of the molecule is CC(NC(=O)C(N)C(C)O)C(=O)NC(C(=O)NC(Cc1c[nH]c2ccccc12)C(=O)O)C(C)O. The molecule has 0 bridgehead atoms. The fourth-order valence-electron chi connectivity index (χ4n) is 3.26. The molecule has 0 saturated heterocycles. The van der Waals surface area contributed by atoms with Gasteiger partial charge in [0.15, 0.2) is 0 Å². The first-order valence-electron chi connectivity index (χ1n) is 10.7. The van der Waals surface area contributed by atoms with Crippen LogP contribution in [0.1, 0.15) is 26.3 Å². The Morgan fingerprint density at radius 3 is 2.18 bits per heavy atom. The number of aromatic amines is 1. The van der Waals surface area contributed by atoms with Crippen LogP contribution in [0, 0.1) is 0 Å². The van der Waals surface area contributed by atoms with E-state index >= 15 is 0 Å². The van der Waals surface area contributed by atoms with Crippen LogP contribution in [-0.2, 0) is 25.6 Å². The zero-order valence-corrected chi connectivity index (χ0v) is 19.1. The number of aromatic nitrogens is 1. The van der Waals surface area contributed by atoms with Crippen molar-refractivity contribution in [2.45, 2.75) is 63.6 Å². The van der Waals surface area contributed by atoms with Crippen molar-refractivity contribution in [3.63, 3.8) is 0 Å². The quantitative estimate of drug-likeness (QED) is 0.188. The molecule has 9 N–H and O–H groups in total. The van der Waals surface area contributed by atoms with E-state index in [0.29, 0.717) is 5.56 Å². The number of hydrogen-bond acceptors (Lipinski definition) is 7. The highest BCUT2D eigenvalue weighted by Crippen LogP contribution is 2.19. The molecule has 0 aliphatic heterocycles. The highest BCUT2D eigenvalue weighted by atomic mass is 16.4. The van der Waals surface area contributed by atoms with Crippen LogP contribution in [-0.4, -0.2) is 80.4 Å². The van der Waals surface area contributed by atoms with E-state index in [1.54, 1.807) is 12.3 Å². The van der Waals surface area contributed by atoms with Gasteiger partial charge in [-0.2, -0.15) is 0 Å². The molecule has 6 atom stereocenters. The second-order valence-corrected chi connectivity index (χ2v) is 8.19. The Hall–Kier alpha value is -3.48. The van der Waals surface area contributed by atoms with E-state index in [1.165, 1.54) is 20.8 Å². The van der Waals surface area contributed by atoms with Crippen LogP contribution in [0.5, 0.6) is 0 Å². The van der Waals surface area contributed by atoms with Crippen LogP contribution in [0.15, 0.2) is 30.5 Å². The number of aliphatic carboxylic acids is 1. The van der Waals surface area contributed by atoms with Crippen molar-refractivity contribution in [1.29, 1.82) is 0 Å². The third-order valence-corrected chi connectivity index (χ3v) is 5.35. The van der Waals surface area contributed by atoms with Crippen LogP contribution in [0.25, 0.3) is 10.9 Å². The van der Waals surface area contributed by atoms with Gasteiger partial charge >= 0.3 is 5.97 Å².